The largest absolute Gasteiger partial charge is 0.478 e. The smallest absolute Gasteiger partial charge is 0.335 e. The standard InChI is InChI=1S/C15H15O4P/c1-2-19-20(18,13-6-4-3-5-7-13)14-10-8-12(9-11-14)15(16)17/h3-11H,2H2,1H3,(H,16,17). The van der Waals surface area contributed by atoms with E-state index in [9.17, 15) is 9.36 Å². The quantitative estimate of drug-likeness (QED) is 0.860. The van der Waals surface area contributed by atoms with Crippen molar-refractivity contribution >= 4 is 23.9 Å². The molecule has 1 N–H and O–H groups in total. The lowest BCUT2D eigenvalue weighted by atomic mass is 10.2. The monoisotopic (exact) mass is 290 g/mol. The number of aromatic carboxylic acids is 1. The van der Waals surface area contributed by atoms with Crippen molar-refractivity contribution in [2.45, 2.75) is 6.92 Å². The molecule has 0 saturated heterocycles. The van der Waals surface area contributed by atoms with Crippen LogP contribution in [0.15, 0.2) is 54.6 Å². The summed E-state index contributed by atoms with van der Waals surface area (Å²) in [6.07, 6.45) is 0. The van der Waals surface area contributed by atoms with Crippen molar-refractivity contribution in [2.24, 2.45) is 0 Å². The minimum atomic E-state index is -3.17. The molecule has 4 nitrogen and oxygen atoms in total. The average Bonchev–Trinajstić information content (AvgIpc) is 2.48. The predicted molar refractivity (Wildman–Crippen MR) is 78.3 cm³/mol. The van der Waals surface area contributed by atoms with Crippen molar-refractivity contribution in [3.05, 3.63) is 60.2 Å². The van der Waals surface area contributed by atoms with Crippen LogP contribution in [0.1, 0.15) is 17.3 Å². The van der Waals surface area contributed by atoms with E-state index in [4.69, 9.17) is 9.63 Å². The maximum absolute atomic E-state index is 13.1. The first-order valence-electron chi connectivity index (χ1n) is 6.22. The van der Waals surface area contributed by atoms with Crippen molar-refractivity contribution in [3.63, 3.8) is 0 Å². The van der Waals surface area contributed by atoms with Crippen LogP contribution < -0.4 is 10.6 Å². The van der Waals surface area contributed by atoms with E-state index in [0.29, 0.717) is 17.2 Å². The zero-order valence-electron chi connectivity index (χ0n) is 11.0. The summed E-state index contributed by atoms with van der Waals surface area (Å²) in [5.74, 6) is -1.01. The molecule has 2 rings (SSSR count). The molecule has 0 amide bonds. The van der Waals surface area contributed by atoms with Crippen LogP contribution in [0.3, 0.4) is 0 Å². The van der Waals surface area contributed by atoms with Crippen LogP contribution in [-0.4, -0.2) is 17.7 Å². The summed E-state index contributed by atoms with van der Waals surface area (Å²) in [6, 6.07) is 14.9. The van der Waals surface area contributed by atoms with Gasteiger partial charge >= 0.3 is 5.97 Å². The first kappa shape index (κ1) is 14.5. The number of carbonyl (C=O) groups is 1. The molecule has 0 aliphatic heterocycles. The van der Waals surface area contributed by atoms with Crippen LogP contribution in [0.4, 0.5) is 0 Å². The van der Waals surface area contributed by atoms with Crippen molar-refractivity contribution in [2.75, 3.05) is 6.61 Å². The van der Waals surface area contributed by atoms with E-state index in [1.54, 1.807) is 43.3 Å². The molecule has 0 aliphatic rings. The summed E-state index contributed by atoms with van der Waals surface area (Å²) in [5.41, 5.74) is 0.157. The number of carboxylic acid groups (broad SMARTS) is 1. The Morgan fingerprint density at radius 3 is 2.10 bits per heavy atom. The van der Waals surface area contributed by atoms with Gasteiger partial charge in [-0.1, -0.05) is 18.2 Å². The van der Waals surface area contributed by atoms with Crippen LogP contribution in [-0.2, 0) is 9.09 Å². The fraction of sp³-hybridized carbons (Fsp3) is 0.133. The number of benzene rings is 2. The summed E-state index contributed by atoms with van der Waals surface area (Å²) in [6.45, 7) is 2.09. The molecular formula is C15H15O4P. The topological polar surface area (TPSA) is 63.6 Å². The molecule has 0 spiro atoms. The first-order valence-corrected chi connectivity index (χ1v) is 7.84. The SMILES string of the molecule is CCOP(=O)(c1ccccc1)c1ccc(C(=O)O)cc1. The van der Waals surface area contributed by atoms with Gasteiger partial charge in [-0.05, 0) is 43.3 Å². The highest BCUT2D eigenvalue weighted by molar-refractivity contribution is 7.74. The van der Waals surface area contributed by atoms with Crippen LogP contribution in [0.2, 0.25) is 0 Å². The molecule has 1 unspecified atom stereocenters. The molecule has 0 heterocycles. The van der Waals surface area contributed by atoms with E-state index in [1.165, 1.54) is 12.1 Å². The van der Waals surface area contributed by atoms with E-state index in [0.717, 1.165) is 0 Å². The molecule has 0 radical (unpaired) electrons. The van der Waals surface area contributed by atoms with Crippen LogP contribution in [0, 0.1) is 0 Å². The molecule has 104 valence electrons. The van der Waals surface area contributed by atoms with Gasteiger partial charge in [0.15, 0.2) is 0 Å². The Morgan fingerprint density at radius 2 is 1.60 bits per heavy atom. The normalized spacial score (nSPS) is 13.7. The second kappa shape index (κ2) is 6.04. The van der Waals surface area contributed by atoms with E-state index in [-0.39, 0.29) is 5.56 Å². The molecule has 2 aromatic carbocycles. The van der Waals surface area contributed by atoms with Crippen LogP contribution in [0.5, 0.6) is 0 Å². The molecule has 5 heteroatoms. The highest BCUT2D eigenvalue weighted by Gasteiger charge is 2.28. The average molecular weight is 290 g/mol. The summed E-state index contributed by atoms with van der Waals surface area (Å²) < 4.78 is 18.6. The van der Waals surface area contributed by atoms with Gasteiger partial charge in [-0.3, -0.25) is 4.57 Å². The Bertz CT molecular complexity index is 635. The molecule has 0 aromatic heterocycles. The zero-order valence-corrected chi connectivity index (χ0v) is 11.9. The number of hydrogen-bond acceptors (Lipinski definition) is 3. The van der Waals surface area contributed by atoms with Gasteiger partial charge < -0.3 is 9.63 Å². The highest BCUT2D eigenvalue weighted by atomic mass is 31.2. The van der Waals surface area contributed by atoms with Gasteiger partial charge in [0, 0.05) is 10.6 Å². The van der Waals surface area contributed by atoms with Gasteiger partial charge in [0.25, 0.3) is 7.37 Å². The van der Waals surface area contributed by atoms with Gasteiger partial charge in [-0.2, -0.15) is 0 Å². The molecule has 0 fully saturated rings. The predicted octanol–water partition coefficient (Wildman–Crippen LogP) is 2.65. The summed E-state index contributed by atoms with van der Waals surface area (Å²) >= 11 is 0. The van der Waals surface area contributed by atoms with Crippen LogP contribution in [0.25, 0.3) is 0 Å². The fourth-order valence-corrected chi connectivity index (χ4v) is 3.97. The Labute approximate surface area is 117 Å². The van der Waals surface area contributed by atoms with Gasteiger partial charge in [0.1, 0.15) is 0 Å². The first-order chi connectivity index (χ1) is 9.58. The minimum Gasteiger partial charge on any atom is -0.478 e. The minimum absolute atomic E-state index is 0.157. The fourth-order valence-electron chi connectivity index (χ4n) is 1.90. The summed E-state index contributed by atoms with van der Waals surface area (Å²) in [7, 11) is -3.17. The van der Waals surface area contributed by atoms with Crippen molar-refractivity contribution in [1.82, 2.24) is 0 Å². The number of hydrogen-bond donors (Lipinski definition) is 1. The molecule has 20 heavy (non-hydrogen) atoms. The third-order valence-electron chi connectivity index (χ3n) is 2.86. The zero-order chi connectivity index (χ0) is 14.6. The lowest BCUT2D eigenvalue weighted by molar-refractivity contribution is 0.0697. The molecule has 0 saturated carbocycles. The van der Waals surface area contributed by atoms with E-state index >= 15 is 0 Å². The molecule has 1 atom stereocenters. The number of rotatable bonds is 5. The second-order valence-electron chi connectivity index (χ2n) is 4.16. The summed E-state index contributed by atoms with van der Waals surface area (Å²) in [5, 5.41) is 10.00. The van der Waals surface area contributed by atoms with E-state index in [2.05, 4.69) is 0 Å². The maximum Gasteiger partial charge on any atom is 0.335 e. The van der Waals surface area contributed by atoms with Crippen molar-refractivity contribution in [1.29, 1.82) is 0 Å². The maximum atomic E-state index is 13.1. The lowest BCUT2D eigenvalue weighted by Crippen LogP contribution is -2.18. The van der Waals surface area contributed by atoms with Gasteiger partial charge in [0.05, 0.1) is 12.2 Å². The Hall–Kier alpha value is -1.90. The van der Waals surface area contributed by atoms with Gasteiger partial charge in [-0.25, -0.2) is 4.79 Å². The Kier molecular flexibility index (Phi) is 4.38. The Balaban J connectivity index is 2.48. The molecular weight excluding hydrogens is 275 g/mol. The third-order valence-corrected chi connectivity index (χ3v) is 5.44. The number of carboxylic acids is 1. The lowest BCUT2D eigenvalue weighted by Gasteiger charge is -2.18. The van der Waals surface area contributed by atoms with E-state index in [1.807, 2.05) is 6.07 Å². The van der Waals surface area contributed by atoms with Crippen molar-refractivity contribution < 1.29 is 19.0 Å². The van der Waals surface area contributed by atoms with E-state index < -0.39 is 13.3 Å². The second-order valence-corrected chi connectivity index (χ2v) is 6.55. The van der Waals surface area contributed by atoms with Crippen LogP contribution >= 0.6 is 7.37 Å². The van der Waals surface area contributed by atoms with Crippen molar-refractivity contribution in [3.8, 4) is 0 Å². The molecule has 2 aromatic rings. The van der Waals surface area contributed by atoms with Gasteiger partial charge in [0.2, 0.25) is 0 Å². The Morgan fingerprint density at radius 1 is 1.05 bits per heavy atom. The highest BCUT2D eigenvalue weighted by Crippen LogP contribution is 2.44. The molecule has 0 aliphatic carbocycles. The third kappa shape index (κ3) is 2.82. The van der Waals surface area contributed by atoms with Gasteiger partial charge in [-0.15, -0.1) is 0 Å². The summed E-state index contributed by atoms with van der Waals surface area (Å²) in [4.78, 5) is 10.9. The molecule has 0 bridgehead atoms.